The maximum absolute atomic E-state index is 11.2. The summed E-state index contributed by atoms with van der Waals surface area (Å²) >= 11 is 0. The van der Waals surface area contributed by atoms with Gasteiger partial charge in [-0.15, -0.1) is 0 Å². The molecule has 0 aliphatic heterocycles. The smallest absolute Gasteiger partial charge is 0.333 e. The van der Waals surface area contributed by atoms with Gasteiger partial charge in [0, 0.05) is 5.57 Å². The first-order valence-corrected chi connectivity index (χ1v) is 5.26. The first-order valence-electron chi connectivity index (χ1n) is 5.26. The van der Waals surface area contributed by atoms with Gasteiger partial charge in [-0.05, 0) is 25.7 Å². The van der Waals surface area contributed by atoms with Crippen molar-refractivity contribution in [2.24, 2.45) is 11.8 Å². The molecule has 3 atom stereocenters. The largest absolute Gasteiger partial charge is 0.459 e. The summed E-state index contributed by atoms with van der Waals surface area (Å²) in [6, 6.07) is 0. The normalized spacial score (nSPS) is 16.9. The van der Waals surface area contributed by atoms with Crippen LogP contribution in [0.4, 0.5) is 0 Å². The topological polar surface area (TPSA) is 26.3 Å². The van der Waals surface area contributed by atoms with Crippen molar-refractivity contribution >= 4 is 5.97 Å². The van der Waals surface area contributed by atoms with E-state index in [9.17, 15) is 4.79 Å². The Morgan fingerprint density at radius 3 is 2.21 bits per heavy atom. The van der Waals surface area contributed by atoms with Crippen LogP contribution in [-0.4, -0.2) is 12.1 Å². The fraction of sp³-hybridized carbons (Fsp3) is 0.750. The summed E-state index contributed by atoms with van der Waals surface area (Å²) < 4.78 is 5.26. The highest BCUT2D eigenvalue weighted by molar-refractivity contribution is 5.87. The number of carbonyl (C=O) groups is 1. The molecule has 0 bridgehead atoms. The molecule has 82 valence electrons. The van der Waals surface area contributed by atoms with E-state index in [1.807, 2.05) is 6.92 Å². The summed E-state index contributed by atoms with van der Waals surface area (Å²) in [5.74, 6) is 0.680. The third kappa shape index (κ3) is 3.95. The van der Waals surface area contributed by atoms with Gasteiger partial charge in [-0.2, -0.15) is 0 Å². The third-order valence-electron chi connectivity index (χ3n) is 2.92. The molecule has 0 aromatic heterocycles. The van der Waals surface area contributed by atoms with E-state index >= 15 is 0 Å². The molecular formula is C12H22O2. The molecule has 0 aliphatic carbocycles. The predicted molar refractivity (Wildman–Crippen MR) is 59.0 cm³/mol. The summed E-state index contributed by atoms with van der Waals surface area (Å²) in [5, 5.41) is 0. The first kappa shape index (κ1) is 13.2. The molecule has 3 unspecified atom stereocenters. The van der Waals surface area contributed by atoms with Crippen LogP contribution in [0.25, 0.3) is 0 Å². The molecular weight excluding hydrogens is 176 g/mol. The molecule has 0 saturated carbocycles. The third-order valence-corrected chi connectivity index (χ3v) is 2.92. The molecule has 0 aliphatic rings. The second-order valence-corrected chi connectivity index (χ2v) is 4.14. The van der Waals surface area contributed by atoms with Gasteiger partial charge in [0.15, 0.2) is 0 Å². The second kappa shape index (κ2) is 5.84. The van der Waals surface area contributed by atoms with Gasteiger partial charge in [0.2, 0.25) is 0 Å². The van der Waals surface area contributed by atoms with Crippen molar-refractivity contribution in [1.82, 2.24) is 0 Å². The standard InChI is InChI=1S/C12H22O2/c1-7-9(4)10(5)11(6)14-12(13)8(2)3/h9-11H,2,7H2,1,3-6H3. The van der Waals surface area contributed by atoms with Gasteiger partial charge < -0.3 is 4.74 Å². The van der Waals surface area contributed by atoms with Gasteiger partial charge in [-0.3, -0.25) is 0 Å². The summed E-state index contributed by atoms with van der Waals surface area (Å²) in [4.78, 5) is 11.2. The molecule has 0 heterocycles. The van der Waals surface area contributed by atoms with Gasteiger partial charge in [-0.1, -0.05) is 33.8 Å². The molecule has 0 saturated heterocycles. The van der Waals surface area contributed by atoms with Crippen LogP contribution in [0, 0.1) is 11.8 Å². The van der Waals surface area contributed by atoms with E-state index in [1.54, 1.807) is 6.92 Å². The monoisotopic (exact) mass is 198 g/mol. The molecule has 0 rings (SSSR count). The van der Waals surface area contributed by atoms with Crippen LogP contribution in [0.2, 0.25) is 0 Å². The molecule has 0 aromatic carbocycles. The molecule has 0 amide bonds. The van der Waals surface area contributed by atoms with E-state index < -0.39 is 0 Å². The predicted octanol–water partition coefficient (Wildman–Crippen LogP) is 3.18. The molecule has 0 fully saturated rings. The Labute approximate surface area is 87.3 Å². The average Bonchev–Trinajstić information content (AvgIpc) is 2.14. The Balaban J connectivity index is 4.13. The summed E-state index contributed by atoms with van der Waals surface area (Å²) in [6.07, 6.45) is 1.07. The highest BCUT2D eigenvalue weighted by Gasteiger charge is 2.21. The van der Waals surface area contributed by atoms with Gasteiger partial charge in [0.1, 0.15) is 6.10 Å². The molecule has 2 nitrogen and oxygen atoms in total. The van der Waals surface area contributed by atoms with E-state index in [0.29, 0.717) is 17.4 Å². The van der Waals surface area contributed by atoms with Crippen LogP contribution in [0.15, 0.2) is 12.2 Å². The second-order valence-electron chi connectivity index (χ2n) is 4.14. The van der Waals surface area contributed by atoms with Gasteiger partial charge >= 0.3 is 5.97 Å². The minimum atomic E-state index is -0.285. The maximum atomic E-state index is 11.2. The Bertz CT molecular complexity index is 208. The van der Waals surface area contributed by atoms with Crippen molar-refractivity contribution in [3.63, 3.8) is 0 Å². The van der Waals surface area contributed by atoms with Gasteiger partial charge in [0.05, 0.1) is 0 Å². The van der Waals surface area contributed by atoms with Crippen LogP contribution in [0.5, 0.6) is 0 Å². The SMILES string of the molecule is C=C(C)C(=O)OC(C)C(C)C(C)CC. The van der Waals surface area contributed by atoms with E-state index in [-0.39, 0.29) is 12.1 Å². The van der Waals surface area contributed by atoms with Gasteiger partial charge in [-0.25, -0.2) is 4.79 Å². The van der Waals surface area contributed by atoms with E-state index in [2.05, 4.69) is 27.4 Å². The van der Waals surface area contributed by atoms with Crippen LogP contribution >= 0.6 is 0 Å². The first-order chi connectivity index (χ1) is 6.40. The zero-order valence-electron chi connectivity index (χ0n) is 9.96. The number of ether oxygens (including phenoxy) is 1. The van der Waals surface area contributed by atoms with E-state index in [0.717, 1.165) is 6.42 Å². The number of esters is 1. The van der Waals surface area contributed by atoms with Crippen molar-refractivity contribution in [3.05, 3.63) is 12.2 Å². The number of hydrogen-bond donors (Lipinski definition) is 0. The Kier molecular flexibility index (Phi) is 5.51. The molecule has 14 heavy (non-hydrogen) atoms. The van der Waals surface area contributed by atoms with E-state index in [1.165, 1.54) is 0 Å². The quantitative estimate of drug-likeness (QED) is 0.501. The van der Waals surface area contributed by atoms with Crippen molar-refractivity contribution < 1.29 is 9.53 Å². The minimum Gasteiger partial charge on any atom is -0.459 e. The molecule has 0 aromatic rings. The Morgan fingerprint density at radius 1 is 1.36 bits per heavy atom. The molecule has 0 radical (unpaired) electrons. The lowest BCUT2D eigenvalue weighted by Gasteiger charge is -2.25. The zero-order valence-corrected chi connectivity index (χ0v) is 9.96. The summed E-state index contributed by atoms with van der Waals surface area (Å²) in [6.45, 7) is 13.6. The fourth-order valence-corrected chi connectivity index (χ4v) is 1.21. The van der Waals surface area contributed by atoms with Crippen LogP contribution in [-0.2, 0) is 9.53 Å². The molecule has 2 heteroatoms. The van der Waals surface area contributed by atoms with E-state index in [4.69, 9.17) is 4.74 Å². The summed E-state index contributed by atoms with van der Waals surface area (Å²) in [7, 11) is 0. The summed E-state index contributed by atoms with van der Waals surface area (Å²) in [5.41, 5.74) is 0.466. The average molecular weight is 198 g/mol. The van der Waals surface area contributed by atoms with Crippen molar-refractivity contribution in [3.8, 4) is 0 Å². The fourth-order valence-electron chi connectivity index (χ4n) is 1.21. The van der Waals surface area contributed by atoms with Crippen LogP contribution < -0.4 is 0 Å². The number of rotatable bonds is 5. The lowest BCUT2D eigenvalue weighted by atomic mass is 9.89. The molecule has 0 N–H and O–H groups in total. The van der Waals surface area contributed by atoms with Crippen molar-refractivity contribution in [1.29, 1.82) is 0 Å². The zero-order chi connectivity index (χ0) is 11.3. The Morgan fingerprint density at radius 2 is 1.86 bits per heavy atom. The van der Waals surface area contributed by atoms with Crippen LogP contribution in [0.1, 0.15) is 41.0 Å². The van der Waals surface area contributed by atoms with Gasteiger partial charge in [0.25, 0.3) is 0 Å². The van der Waals surface area contributed by atoms with Crippen LogP contribution in [0.3, 0.4) is 0 Å². The lowest BCUT2D eigenvalue weighted by Crippen LogP contribution is -2.26. The minimum absolute atomic E-state index is 0.0332. The maximum Gasteiger partial charge on any atom is 0.333 e. The number of carbonyl (C=O) groups excluding carboxylic acids is 1. The Hall–Kier alpha value is -0.790. The highest BCUT2D eigenvalue weighted by atomic mass is 16.5. The lowest BCUT2D eigenvalue weighted by molar-refractivity contribution is -0.146. The highest BCUT2D eigenvalue weighted by Crippen LogP contribution is 2.20. The number of hydrogen-bond acceptors (Lipinski definition) is 2. The van der Waals surface area contributed by atoms with Crippen molar-refractivity contribution in [2.45, 2.75) is 47.1 Å². The molecule has 0 spiro atoms. The van der Waals surface area contributed by atoms with Crippen molar-refractivity contribution in [2.75, 3.05) is 0 Å².